The maximum absolute atomic E-state index is 5.79. The van der Waals surface area contributed by atoms with Gasteiger partial charge >= 0.3 is 0 Å². The molecule has 0 spiro atoms. The van der Waals surface area contributed by atoms with Crippen molar-refractivity contribution >= 4 is 5.69 Å². The molecule has 0 aliphatic rings. The largest absolute Gasteiger partial charge is 0.454 e. The Balaban J connectivity index is 2.28. The van der Waals surface area contributed by atoms with Crippen LogP contribution >= 0.6 is 0 Å². The molecule has 0 atom stereocenters. The predicted octanol–water partition coefficient (Wildman–Crippen LogP) is 2.76. The number of ether oxygens (including phenoxy) is 1. The van der Waals surface area contributed by atoms with Gasteiger partial charge in [0.1, 0.15) is 5.75 Å². The average Bonchev–Trinajstić information content (AvgIpc) is 2.25. The van der Waals surface area contributed by atoms with Crippen molar-refractivity contribution in [3.8, 4) is 11.5 Å². The number of nitrogen functional groups attached to an aromatic ring is 1. The van der Waals surface area contributed by atoms with Gasteiger partial charge in [-0.3, -0.25) is 4.98 Å². The van der Waals surface area contributed by atoms with E-state index in [0.29, 0.717) is 17.2 Å². The highest BCUT2D eigenvalue weighted by atomic mass is 16.5. The molecule has 0 saturated heterocycles. The fourth-order valence-corrected chi connectivity index (χ4v) is 1.26. The summed E-state index contributed by atoms with van der Waals surface area (Å²) in [6, 6.07) is 9.35. The van der Waals surface area contributed by atoms with E-state index in [0.717, 1.165) is 5.56 Å². The topological polar surface area (TPSA) is 48.1 Å². The minimum atomic E-state index is 0.629. The number of aryl methyl sites for hydroxylation is 1. The Morgan fingerprint density at radius 2 is 2.13 bits per heavy atom. The number of anilines is 1. The molecule has 0 unspecified atom stereocenters. The Bertz CT molecular complexity index is 454. The van der Waals surface area contributed by atoms with Gasteiger partial charge in [-0.05, 0) is 36.8 Å². The van der Waals surface area contributed by atoms with Crippen molar-refractivity contribution in [2.75, 3.05) is 5.73 Å². The van der Waals surface area contributed by atoms with Crippen molar-refractivity contribution in [2.45, 2.75) is 6.92 Å². The first kappa shape index (κ1) is 9.52. The van der Waals surface area contributed by atoms with Crippen LogP contribution in [0.1, 0.15) is 5.56 Å². The SMILES string of the molecule is Cc1ccc(N)c(Oc2cccnc2)c1. The summed E-state index contributed by atoms with van der Waals surface area (Å²) in [6.07, 6.45) is 3.36. The van der Waals surface area contributed by atoms with Crippen molar-refractivity contribution in [1.82, 2.24) is 4.98 Å². The van der Waals surface area contributed by atoms with E-state index in [9.17, 15) is 0 Å². The summed E-state index contributed by atoms with van der Waals surface area (Å²) < 4.78 is 5.60. The van der Waals surface area contributed by atoms with Crippen LogP contribution in [0.15, 0.2) is 42.7 Å². The van der Waals surface area contributed by atoms with Crippen LogP contribution < -0.4 is 10.5 Å². The van der Waals surface area contributed by atoms with Gasteiger partial charge < -0.3 is 10.5 Å². The second kappa shape index (κ2) is 4.00. The molecule has 1 heterocycles. The number of hydrogen-bond acceptors (Lipinski definition) is 3. The van der Waals surface area contributed by atoms with E-state index in [1.54, 1.807) is 12.4 Å². The molecule has 3 nitrogen and oxygen atoms in total. The lowest BCUT2D eigenvalue weighted by molar-refractivity contribution is 0.482. The van der Waals surface area contributed by atoms with Crippen LogP contribution in [0.25, 0.3) is 0 Å². The summed E-state index contributed by atoms with van der Waals surface area (Å²) in [5.41, 5.74) is 7.53. The van der Waals surface area contributed by atoms with Gasteiger partial charge in [-0.2, -0.15) is 0 Å². The van der Waals surface area contributed by atoms with E-state index in [1.807, 2.05) is 37.3 Å². The minimum Gasteiger partial charge on any atom is -0.454 e. The summed E-state index contributed by atoms with van der Waals surface area (Å²) in [7, 11) is 0. The Morgan fingerprint density at radius 1 is 1.27 bits per heavy atom. The first-order valence-electron chi connectivity index (χ1n) is 4.70. The first-order valence-corrected chi connectivity index (χ1v) is 4.70. The average molecular weight is 200 g/mol. The molecule has 0 saturated carbocycles. The van der Waals surface area contributed by atoms with E-state index < -0.39 is 0 Å². The first-order chi connectivity index (χ1) is 7.25. The van der Waals surface area contributed by atoms with Gasteiger partial charge in [0, 0.05) is 6.20 Å². The summed E-state index contributed by atoms with van der Waals surface area (Å²) in [4.78, 5) is 3.97. The molecular formula is C12H12N2O. The van der Waals surface area contributed by atoms with Gasteiger partial charge in [-0.25, -0.2) is 0 Å². The van der Waals surface area contributed by atoms with Crippen molar-refractivity contribution in [3.63, 3.8) is 0 Å². The van der Waals surface area contributed by atoms with Gasteiger partial charge in [0.05, 0.1) is 11.9 Å². The third kappa shape index (κ3) is 2.26. The molecule has 0 amide bonds. The third-order valence-electron chi connectivity index (χ3n) is 2.03. The van der Waals surface area contributed by atoms with Crippen LogP contribution in [0.5, 0.6) is 11.5 Å². The van der Waals surface area contributed by atoms with E-state index in [2.05, 4.69) is 4.98 Å². The highest BCUT2D eigenvalue weighted by molar-refractivity contribution is 5.55. The maximum Gasteiger partial charge on any atom is 0.150 e. The number of nitrogens with zero attached hydrogens (tertiary/aromatic N) is 1. The quantitative estimate of drug-likeness (QED) is 0.758. The van der Waals surface area contributed by atoms with Crippen molar-refractivity contribution < 1.29 is 4.74 Å². The molecule has 0 radical (unpaired) electrons. The molecule has 0 bridgehead atoms. The molecule has 1 aromatic carbocycles. The smallest absolute Gasteiger partial charge is 0.150 e. The molecule has 0 fully saturated rings. The number of hydrogen-bond donors (Lipinski definition) is 1. The zero-order valence-corrected chi connectivity index (χ0v) is 8.47. The Morgan fingerprint density at radius 3 is 2.87 bits per heavy atom. The number of pyridine rings is 1. The fraction of sp³-hybridized carbons (Fsp3) is 0.0833. The second-order valence-corrected chi connectivity index (χ2v) is 3.33. The summed E-state index contributed by atoms with van der Waals surface area (Å²) in [5, 5.41) is 0. The Labute approximate surface area is 88.5 Å². The second-order valence-electron chi connectivity index (χ2n) is 3.33. The highest BCUT2D eigenvalue weighted by Gasteiger charge is 2.01. The molecule has 3 heteroatoms. The molecule has 2 N–H and O–H groups in total. The fourth-order valence-electron chi connectivity index (χ4n) is 1.26. The number of nitrogens with two attached hydrogens (primary N) is 1. The number of aromatic nitrogens is 1. The zero-order valence-electron chi connectivity index (χ0n) is 8.47. The maximum atomic E-state index is 5.79. The summed E-state index contributed by atoms with van der Waals surface area (Å²) >= 11 is 0. The monoisotopic (exact) mass is 200 g/mol. The summed E-state index contributed by atoms with van der Waals surface area (Å²) in [6.45, 7) is 2.00. The Kier molecular flexibility index (Phi) is 2.54. The van der Waals surface area contributed by atoms with Crippen molar-refractivity contribution in [2.24, 2.45) is 0 Å². The number of rotatable bonds is 2. The predicted molar refractivity (Wildman–Crippen MR) is 59.9 cm³/mol. The van der Waals surface area contributed by atoms with Crippen LogP contribution in [0, 0.1) is 6.92 Å². The van der Waals surface area contributed by atoms with E-state index >= 15 is 0 Å². The zero-order chi connectivity index (χ0) is 10.7. The lowest BCUT2D eigenvalue weighted by Gasteiger charge is -2.08. The molecule has 1 aromatic heterocycles. The molecular weight excluding hydrogens is 188 g/mol. The standard InChI is InChI=1S/C12H12N2O/c1-9-4-5-11(13)12(7-9)15-10-3-2-6-14-8-10/h2-8H,13H2,1H3. The van der Waals surface area contributed by atoms with Gasteiger partial charge in [-0.15, -0.1) is 0 Å². The molecule has 15 heavy (non-hydrogen) atoms. The van der Waals surface area contributed by atoms with Crippen LogP contribution in [-0.4, -0.2) is 4.98 Å². The molecule has 0 aliphatic heterocycles. The molecule has 76 valence electrons. The van der Waals surface area contributed by atoms with Gasteiger partial charge in [-0.1, -0.05) is 6.07 Å². The highest BCUT2D eigenvalue weighted by Crippen LogP contribution is 2.27. The van der Waals surface area contributed by atoms with Gasteiger partial charge in [0.25, 0.3) is 0 Å². The van der Waals surface area contributed by atoms with Gasteiger partial charge in [0.15, 0.2) is 5.75 Å². The minimum absolute atomic E-state index is 0.629. The van der Waals surface area contributed by atoms with E-state index in [4.69, 9.17) is 10.5 Å². The number of benzene rings is 1. The van der Waals surface area contributed by atoms with Crippen LogP contribution in [0.2, 0.25) is 0 Å². The van der Waals surface area contributed by atoms with Crippen molar-refractivity contribution in [1.29, 1.82) is 0 Å². The van der Waals surface area contributed by atoms with Crippen LogP contribution in [0.3, 0.4) is 0 Å². The van der Waals surface area contributed by atoms with Crippen molar-refractivity contribution in [3.05, 3.63) is 48.3 Å². The van der Waals surface area contributed by atoms with Crippen LogP contribution in [-0.2, 0) is 0 Å². The van der Waals surface area contributed by atoms with E-state index in [-0.39, 0.29) is 0 Å². The lowest BCUT2D eigenvalue weighted by atomic mass is 10.2. The molecule has 2 rings (SSSR count). The van der Waals surface area contributed by atoms with Crippen LogP contribution in [0.4, 0.5) is 5.69 Å². The molecule has 0 aliphatic carbocycles. The molecule has 2 aromatic rings. The summed E-state index contributed by atoms with van der Waals surface area (Å²) in [5.74, 6) is 1.36. The van der Waals surface area contributed by atoms with E-state index in [1.165, 1.54) is 0 Å². The van der Waals surface area contributed by atoms with Gasteiger partial charge in [0.2, 0.25) is 0 Å². The Hall–Kier alpha value is -2.03. The normalized spacial score (nSPS) is 9.93. The third-order valence-corrected chi connectivity index (χ3v) is 2.03. The lowest BCUT2D eigenvalue weighted by Crippen LogP contribution is -1.92.